The van der Waals surface area contributed by atoms with E-state index in [0.29, 0.717) is 12.5 Å². The largest absolute Gasteiger partial charge is 0.329 e. The molecule has 4 heteroatoms. The summed E-state index contributed by atoms with van der Waals surface area (Å²) in [5, 5.41) is 2.13. The lowest BCUT2D eigenvalue weighted by molar-refractivity contribution is 0.113. The van der Waals surface area contributed by atoms with Crippen molar-refractivity contribution in [2.75, 3.05) is 13.6 Å². The molecule has 0 fully saturated rings. The van der Waals surface area contributed by atoms with Crippen molar-refractivity contribution in [2.45, 2.75) is 39.3 Å². The summed E-state index contributed by atoms with van der Waals surface area (Å²) in [6.45, 7) is 8.44. The average molecular weight is 319 g/mol. The second-order valence-corrected chi connectivity index (χ2v) is 7.30. The van der Waals surface area contributed by atoms with E-state index in [1.807, 2.05) is 0 Å². The standard InChI is InChI=1S/C13H23BrN2S/c1-10(2)6-13(3,9-15)16(4)7-12-5-11(14)8-17-12/h5,8,10H,6-7,9,15H2,1-4H3. The first-order valence-corrected chi connectivity index (χ1v) is 7.69. The summed E-state index contributed by atoms with van der Waals surface area (Å²) < 4.78 is 1.17. The summed E-state index contributed by atoms with van der Waals surface area (Å²) in [5.41, 5.74) is 6.06. The van der Waals surface area contributed by atoms with Crippen LogP contribution in [0.3, 0.4) is 0 Å². The molecule has 98 valence electrons. The molecule has 1 rings (SSSR count). The maximum absolute atomic E-state index is 5.97. The first kappa shape index (κ1) is 15.2. The highest BCUT2D eigenvalue weighted by atomic mass is 79.9. The van der Waals surface area contributed by atoms with Crippen LogP contribution in [-0.2, 0) is 6.54 Å². The fraction of sp³-hybridized carbons (Fsp3) is 0.692. The van der Waals surface area contributed by atoms with Crippen LogP contribution in [0.5, 0.6) is 0 Å². The Kier molecular flexibility index (Phi) is 5.64. The first-order chi connectivity index (χ1) is 7.87. The molecule has 17 heavy (non-hydrogen) atoms. The third-order valence-electron chi connectivity index (χ3n) is 3.22. The van der Waals surface area contributed by atoms with Crippen molar-refractivity contribution in [1.82, 2.24) is 4.90 Å². The van der Waals surface area contributed by atoms with Crippen molar-refractivity contribution >= 4 is 27.3 Å². The SMILES string of the molecule is CC(C)CC(C)(CN)N(C)Cc1cc(Br)cs1. The molecule has 1 atom stereocenters. The van der Waals surface area contributed by atoms with Crippen LogP contribution in [0.2, 0.25) is 0 Å². The van der Waals surface area contributed by atoms with Crippen LogP contribution in [0.1, 0.15) is 32.1 Å². The Bertz CT molecular complexity index is 351. The summed E-state index contributed by atoms with van der Waals surface area (Å²) >= 11 is 5.29. The van der Waals surface area contributed by atoms with Gasteiger partial charge < -0.3 is 5.73 Å². The van der Waals surface area contributed by atoms with Crippen molar-refractivity contribution in [1.29, 1.82) is 0 Å². The quantitative estimate of drug-likeness (QED) is 0.866. The summed E-state index contributed by atoms with van der Waals surface area (Å²) in [5.74, 6) is 0.668. The second-order valence-electron chi connectivity index (χ2n) is 5.39. The van der Waals surface area contributed by atoms with Crippen molar-refractivity contribution < 1.29 is 0 Å². The van der Waals surface area contributed by atoms with Crippen LogP contribution < -0.4 is 5.73 Å². The van der Waals surface area contributed by atoms with E-state index >= 15 is 0 Å². The van der Waals surface area contributed by atoms with E-state index in [2.05, 4.69) is 60.1 Å². The number of nitrogens with zero attached hydrogens (tertiary/aromatic N) is 1. The molecule has 1 unspecified atom stereocenters. The second kappa shape index (κ2) is 6.32. The van der Waals surface area contributed by atoms with Crippen molar-refractivity contribution in [2.24, 2.45) is 11.7 Å². The molecule has 0 saturated carbocycles. The van der Waals surface area contributed by atoms with Gasteiger partial charge in [0, 0.05) is 33.4 Å². The molecule has 0 aliphatic carbocycles. The van der Waals surface area contributed by atoms with Crippen molar-refractivity contribution in [3.05, 3.63) is 20.8 Å². The first-order valence-electron chi connectivity index (χ1n) is 6.01. The van der Waals surface area contributed by atoms with Gasteiger partial charge in [-0.1, -0.05) is 13.8 Å². The minimum Gasteiger partial charge on any atom is -0.329 e. The van der Waals surface area contributed by atoms with E-state index in [4.69, 9.17) is 5.73 Å². The Morgan fingerprint density at radius 1 is 1.53 bits per heavy atom. The summed E-state index contributed by atoms with van der Waals surface area (Å²) in [7, 11) is 2.17. The van der Waals surface area contributed by atoms with E-state index in [1.165, 1.54) is 9.35 Å². The fourth-order valence-corrected chi connectivity index (χ4v) is 3.64. The van der Waals surface area contributed by atoms with E-state index in [1.54, 1.807) is 11.3 Å². The van der Waals surface area contributed by atoms with Crippen LogP contribution in [0.4, 0.5) is 0 Å². The number of thiophene rings is 1. The minimum atomic E-state index is 0.0879. The number of rotatable bonds is 6. The Hall–Kier alpha value is 0.1000. The number of nitrogens with two attached hydrogens (primary N) is 1. The van der Waals surface area contributed by atoms with Gasteiger partial charge in [0.05, 0.1) is 0 Å². The lowest BCUT2D eigenvalue weighted by Crippen LogP contribution is -2.50. The Labute approximate surface area is 117 Å². The van der Waals surface area contributed by atoms with E-state index in [9.17, 15) is 0 Å². The number of hydrogen-bond acceptors (Lipinski definition) is 3. The minimum absolute atomic E-state index is 0.0879. The molecule has 0 spiro atoms. The highest BCUT2D eigenvalue weighted by molar-refractivity contribution is 9.10. The van der Waals surface area contributed by atoms with Gasteiger partial charge in [0.1, 0.15) is 0 Å². The van der Waals surface area contributed by atoms with Crippen molar-refractivity contribution in [3.8, 4) is 0 Å². The Balaban J connectivity index is 2.69. The monoisotopic (exact) mass is 318 g/mol. The van der Waals surface area contributed by atoms with Gasteiger partial charge >= 0.3 is 0 Å². The smallest absolute Gasteiger partial charge is 0.0331 e. The third-order valence-corrected chi connectivity index (χ3v) is 4.91. The predicted octanol–water partition coefficient (Wildman–Crippen LogP) is 3.71. The molecule has 2 nitrogen and oxygen atoms in total. The zero-order valence-corrected chi connectivity index (χ0v) is 13.6. The molecule has 0 saturated heterocycles. The van der Waals surface area contributed by atoms with Gasteiger partial charge in [-0.25, -0.2) is 0 Å². The van der Waals surface area contributed by atoms with Gasteiger partial charge in [0.25, 0.3) is 0 Å². The molecule has 1 heterocycles. The topological polar surface area (TPSA) is 29.3 Å². The molecule has 0 radical (unpaired) electrons. The van der Waals surface area contributed by atoms with Crippen LogP contribution in [-0.4, -0.2) is 24.0 Å². The van der Waals surface area contributed by atoms with E-state index in [-0.39, 0.29) is 5.54 Å². The number of likely N-dealkylation sites (N-methyl/N-ethyl adjacent to an activating group) is 1. The third kappa shape index (κ3) is 4.36. The Morgan fingerprint density at radius 3 is 2.59 bits per heavy atom. The lowest BCUT2D eigenvalue weighted by Gasteiger charge is -2.39. The summed E-state index contributed by atoms with van der Waals surface area (Å²) in [6, 6.07) is 2.19. The molecule has 0 aliphatic heterocycles. The van der Waals surface area contributed by atoms with E-state index < -0.39 is 0 Å². The highest BCUT2D eigenvalue weighted by Gasteiger charge is 2.28. The predicted molar refractivity (Wildman–Crippen MR) is 80.4 cm³/mol. The molecule has 1 aromatic heterocycles. The van der Waals surface area contributed by atoms with Gasteiger partial charge in [-0.2, -0.15) is 0 Å². The van der Waals surface area contributed by atoms with Crippen LogP contribution in [0.25, 0.3) is 0 Å². The van der Waals surface area contributed by atoms with E-state index in [0.717, 1.165) is 13.0 Å². The molecular formula is C13H23BrN2S. The van der Waals surface area contributed by atoms with Gasteiger partial charge in [-0.05, 0) is 48.3 Å². The maximum Gasteiger partial charge on any atom is 0.0331 e. The highest BCUT2D eigenvalue weighted by Crippen LogP contribution is 2.26. The van der Waals surface area contributed by atoms with Gasteiger partial charge in [0.15, 0.2) is 0 Å². The maximum atomic E-state index is 5.97. The summed E-state index contributed by atoms with van der Waals surface area (Å²) in [4.78, 5) is 3.76. The van der Waals surface area contributed by atoms with Gasteiger partial charge in [-0.15, -0.1) is 11.3 Å². The Morgan fingerprint density at radius 2 is 2.18 bits per heavy atom. The molecule has 0 aliphatic rings. The molecule has 0 bridgehead atoms. The normalized spacial score (nSPS) is 15.5. The average Bonchev–Trinajstić information content (AvgIpc) is 2.62. The fourth-order valence-electron chi connectivity index (χ4n) is 2.14. The summed E-state index contributed by atoms with van der Waals surface area (Å²) in [6.07, 6.45) is 1.13. The molecule has 0 amide bonds. The van der Waals surface area contributed by atoms with Gasteiger partial charge in [-0.3, -0.25) is 4.90 Å². The number of hydrogen-bond donors (Lipinski definition) is 1. The lowest BCUT2D eigenvalue weighted by atomic mass is 9.89. The molecule has 0 aromatic carbocycles. The van der Waals surface area contributed by atoms with Gasteiger partial charge in [0.2, 0.25) is 0 Å². The van der Waals surface area contributed by atoms with Crippen molar-refractivity contribution in [3.63, 3.8) is 0 Å². The number of halogens is 1. The zero-order valence-electron chi connectivity index (χ0n) is 11.2. The van der Waals surface area contributed by atoms with Crippen LogP contribution in [0.15, 0.2) is 15.9 Å². The van der Waals surface area contributed by atoms with Crippen LogP contribution >= 0.6 is 27.3 Å². The van der Waals surface area contributed by atoms with Crippen LogP contribution in [0, 0.1) is 5.92 Å². The molecular weight excluding hydrogens is 296 g/mol. The molecule has 2 N–H and O–H groups in total. The molecule has 1 aromatic rings. The zero-order chi connectivity index (χ0) is 13.1.